The SMILES string of the molecule is [2H]OCC(O)C[B]. The lowest BCUT2D eigenvalue weighted by atomic mass is 10.0. The third-order valence-corrected chi connectivity index (χ3v) is 0.464. The molecule has 0 saturated carbocycles. The second-order valence-corrected chi connectivity index (χ2v) is 1.06. The smallest absolute Gasteiger partial charge is 0.210 e. The Balaban J connectivity index is 2.83. The number of hydrogen-bond acceptors (Lipinski definition) is 2. The predicted molar refractivity (Wildman–Crippen MR) is 23.7 cm³/mol. The van der Waals surface area contributed by atoms with Gasteiger partial charge in [0.1, 0.15) is 0 Å². The standard InChI is InChI=1S/C3H7BO2/c4-1-3(6)2-5/h3,5-6H,1-2H2/i5D. The van der Waals surface area contributed by atoms with E-state index >= 15 is 0 Å². The van der Waals surface area contributed by atoms with Gasteiger partial charge in [0.2, 0.25) is 1.43 Å². The molecule has 0 aromatic rings. The van der Waals surface area contributed by atoms with Crippen LogP contribution in [0.2, 0.25) is 6.32 Å². The number of aliphatic hydroxyl groups is 2. The molecule has 0 aliphatic heterocycles. The van der Waals surface area contributed by atoms with E-state index in [2.05, 4.69) is 5.11 Å². The Morgan fingerprint density at radius 1 is 2.00 bits per heavy atom. The van der Waals surface area contributed by atoms with Crippen molar-refractivity contribution >= 4 is 7.85 Å². The van der Waals surface area contributed by atoms with Crippen molar-refractivity contribution in [3.8, 4) is 0 Å². The molecule has 0 amide bonds. The molecule has 0 spiro atoms. The largest absolute Gasteiger partial charge is 0.394 e. The molecule has 0 aromatic heterocycles. The molecule has 0 aliphatic carbocycles. The van der Waals surface area contributed by atoms with Crippen LogP contribution in [0.15, 0.2) is 0 Å². The van der Waals surface area contributed by atoms with Crippen LogP contribution in [0.25, 0.3) is 0 Å². The molecule has 0 saturated heterocycles. The van der Waals surface area contributed by atoms with E-state index in [9.17, 15) is 0 Å². The van der Waals surface area contributed by atoms with Crippen molar-refractivity contribution in [3.63, 3.8) is 0 Å². The van der Waals surface area contributed by atoms with Gasteiger partial charge in [0, 0.05) is 0 Å². The van der Waals surface area contributed by atoms with E-state index in [1.54, 1.807) is 0 Å². The Morgan fingerprint density at radius 3 is 2.83 bits per heavy atom. The fraction of sp³-hybridized carbons (Fsp3) is 1.00. The highest BCUT2D eigenvalue weighted by atomic mass is 16.3. The highest BCUT2D eigenvalue weighted by molar-refractivity contribution is 6.08. The van der Waals surface area contributed by atoms with Gasteiger partial charge in [0.25, 0.3) is 0 Å². The molecular weight excluding hydrogens is 78.8 g/mol. The van der Waals surface area contributed by atoms with Crippen molar-refractivity contribution in [2.24, 2.45) is 0 Å². The molecule has 6 heavy (non-hydrogen) atoms. The molecule has 3 heteroatoms. The van der Waals surface area contributed by atoms with Crippen LogP contribution in [0.4, 0.5) is 0 Å². The lowest BCUT2D eigenvalue weighted by Crippen LogP contribution is -2.09. The minimum absolute atomic E-state index is 0.00347. The first kappa shape index (κ1) is 4.15. The first-order chi connectivity index (χ1) is 3.31. The summed E-state index contributed by atoms with van der Waals surface area (Å²) in [6.45, 7) is -0.00347. The summed E-state index contributed by atoms with van der Waals surface area (Å²) < 4.78 is 6.12. The molecule has 2 N–H and O–H groups in total. The van der Waals surface area contributed by atoms with Gasteiger partial charge in [-0.1, -0.05) is 6.32 Å². The Labute approximate surface area is 39.7 Å². The van der Waals surface area contributed by atoms with Crippen LogP contribution in [-0.2, 0) is 0 Å². The van der Waals surface area contributed by atoms with Gasteiger partial charge in [-0.15, -0.1) is 0 Å². The van der Waals surface area contributed by atoms with Crippen molar-refractivity contribution < 1.29 is 10.2 Å². The minimum Gasteiger partial charge on any atom is -0.394 e. The van der Waals surface area contributed by atoms with Crippen LogP contribution < -0.4 is 0 Å². The molecule has 0 heterocycles. The van der Waals surface area contributed by atoms with Crippen LogP contribution in [0.1, 0.15) is 0 Å². The van der Waals surface area contributed by atoms with Gasteiger partial charge in [-0.3, -0.25) is 0 Å². The zero-order valence-electron chi connectivity index (χ0n) is 4.42. The Bertz CT molecular complexity index is 43.9. The molecular formula is C3H7BO2. The van der Waals surface area contributed by atoms with Crippen LogP contribution in [0, 0.1) is 0 Å². The molecule has 0 aromatic carbocycles. The average Bonchev–Trinajstić information content (AvgIpc) is 1.68. The summed E-state index contributed by atoms with van der Waals surface area (Å²) in [5.41, 5.74) is 0. The lowest BCUT2D eigenvalue weighted by Gasteiger charge is -1.97. The predicted octanol–water partition coefficient (Wildman–Crippen LogP) is -1.07. The van der Waals surface area contributed by atoms with E-state index in [1.807, 2.05) is 0 Å². The van der Waals surface area contributed by atoms with Crippen molar-refractivity contribution in [2.45, 2.75) is 12.4 Å². The van der Waals surface area contributed by atoms with E-state index in [-0.39, 0.29) is 12.9 Å². The summed E-state index contributed by atoms with van der Waals surface area (Å²) >= 11 is 0. The molecule has 2 nitrogen and oxygen atoms in total. The molecule has 0 rings (SSSR count). The van der Waals surface area contributed by atoms with Gasteiger partial charge in [-0.2, -0.15) is 0 Å². The van der Waals surface area contributed by atoms with Gasteiger partial charge in [-0.25, -0.2) is 0 Å². The van der Waals surface area contributed by atoms with E-state index in [0.717, 1.165) is 0 Å². The fourth-order valence-electron chi connectivity index (χ4n) is 0.0680. The van der Waals surface area contributed by atoms with E-state index < -0.39 is 6.10 Å². The van der Waals surface area contributed by atoms with Crippen molar-refractivity contribution in [3.05, 3.63) is 0 Å². The summed E-state index contributed by atoms with van der Waals surface area (Å²) in [7, 11) is 4.94. The normalized spacial score (nSPS) is 16.5. The summed E-state index contributed by atoms with van der Waals surface area (Å²) in [4.78, 5) is 0. The maximum atomic E-state index is 8.49. The molecule has 1 unspecified atom stereocenters. The van der Waals surface area contributed by atoms with Gasteiger partial charge in [0.15, 0.2) is 0 Å². The molecule has 0 fully saturated rings. The second kappa shape index (κ2) is 3.19. The molecule has 34 valence electrons. The average molecular weight is 86.9 g/mol. The van der Waals surface area contributed by atoms with Crippen LogP contribution in [0.3, 0.4) is 0 Å². The maximum Gasteiger partial charge on any atom is 0.210 e. The first-order valence-electron chi connectivity index (χ1n) is 2.18. The highest BCUT2D eigenvalue weighted by Gasteiger charge is 1.91. The van der Waals surface area contributed by atoms with Crippen LogP contribution >= 0.6 is 0 Å². The monoisotopic (exact) mass is 87.1 g/mol. The van der Waals surface area contributed by atoms with Crippen molar-refractivity contribution in [2.75, 3.05) is 6.61 Å². The molecule has 2 radical (unpaired) electrons. The Hall–Kier alpha value is -0.0151. The second-order valence-electron chi connectivity index (χ2n) is 1.06. The third kappa shape index (κ3) is 2.24. The fourth-order valence-corrected chi connectivity index (χ4v) is 0.0680. The van der Waals surface area contributed by atoms with E-state index in [0.29, 0.717) is 0 Å². The highest BCUT2D eigenvalue weighted by Crippen LogP contribution is 1.81. The summed E-state index contributed by atoms with van der Waals surface area (Å²) in [6, 6.07) is 0. The zero-order chi connectivity index (χ0) is 5.70. The summed E-state index contributed by atoms with van der Waals surface area (Å²) in [6.07, 6.45) is -0.531. The summed E-state index contributed by atoms with van der Waals surface area (Å²) in [5.74, 6) is 0. The van der Waals surface area contributed by atoms with Gasteiger partial charge >= 0.3 is 0 Å². The van der Waals surface area contributed by atoms with Crippen molar-refractivity contribution in [1.82, 2.24) is 0 Å². The van der Waals surface area contributed by atoms with Gasteiger partial charge in [-0.05, 0) is 0 Å². The Morgan fingerprint density at radius 2 is 2.67 bits per heavy atom. The van der Waals surface area contributed by atoms with Crippen LogP contribution in [0.5, 0.6) is 0 Å². The lowest BCUT2D eigenvalue weighted by molar-refractivity contribution is 0.110. The minimum atomic E-state index is -0.683. The molecule has 0 bridgehead atoms. The number of rotatable bonds is 3. The first-order valence-corrected chi connectivity index (χ1v) is 1.77. The Kier molecular flexibility index (Phi) is 2.20. The molecule has 0 aliphatic rings. The quantitative estimate of drug-likeness (QED) is 0.430. The topological polar surface area (TPSA) is 40.5 Å². The molecule has 1 atom stereocenters. The number of aliphatic hydroxyl groups excluding tert-OH is 2. The van der Waals surface area contributed by atoms with Gasteiger partial charge < -0.3 is 10.2 Å². The number of hydrogen-bond donors (Lipinski definition) is 2. The van der Waals surface area contributed by atoms with Gasteiger partial charge in [0.05, 0.1) is 20.6 Å². The maximum absolute atomic E-state index is 8.49. The third-order valence-electron chi connectivity index (χ3n) is 0.464. The zero-order valence-corrected chi connectivity index (χ0v) is 3.42. The summed E-state index contributed by atoms with van der Waals surface area (Å²) in [5, 5.41) is 12.3. The van der Waals surface area contributed by atoms with Crippen LogP contribution in [-0.4, -0.2) is 32.2 Å². The van der Waals surface area contributed by atoms with Crippen molar-refractivity contribution in [1.29, 1.82) is 1.43 Å². The van der Waals surface area contributed by atoms with E-state index in [1.165, 1.54) is 0 Å². The van der Waals surface area contributed by atoms with E-state index in [4.69, 9.17) is 14.4 Å².